The first-order valence-electron chi connectivity index (χ1n) is 9.23. The number of thioether (sulfide) groups is 1. The summed E-state index contributed by atoms with van der Waals surface area (Å²) >= 11 is 8.43. The van der Waals surface area contributed by atoms with Gasteiger partial charge in [0.05, 0.1) is 35.6 Å². The number of carbonyl (C=O) groups excluding carboxylic acids is 1. The summed E-state index contributed by atoms with van der Waals surface area (Å²) in [4.78, 5) is 29.1. The molecule has 7 nitrogen and oxygen atoms in total. The number of morpholine rings is 1. The first-order chi connectivity index (χ1) is 14.4. The van der Waals surface area contributed by atoms with Crippen molar-refractivity contribution in [1.29, 1.82) is 0 Å². The second-order valence-corrected chi connectivity index (χ2v) is 9.20. The van der Waals surface area contributed by atoms with Crippen molar-refractivity contribution < 1.29 is 23.8 Å². The maximum Gasteiger partial charge on any atom is 0.309 e. The Hall–Kier alpha value is -1.72. The van der Waals surface area contributed by atoms with Crippen molar-refractivity contribution in [2.75, 3.05) is 32.0 Å². The molecule has 1 amide bonds. The van der Waals surface area contributed by atoms with Gasteiger partial charge in [-0.25, -0.2) is 9.37 Å². The molecule has 1 aromatic carbocycles. The summed E-state index contributed by atoms with van der Waals surface area (Å²) in [7, 11) is 0. The maximum absolute atomic E-state index is 14.1. The van der Waals surface area contributed by atoms with Gasteiger partial charge in [0, 0.05) is 37.1 Å². The summed E-state index contributed by atoms with van der Waals surface area (Å²) in [6, 6.07) is 4.96. The topological polar surface area (TPSA) is 91.8 Å². The van der Waals surface area contributed by atoms with E-state index in [1.807, 2.05) is 0 Å². The Morgan fingerprint density at radius 3 is 3.10 bits per heavy atom. The van der Waals surface area contributed by atoms with E-state index in [-0.39, 0.29) is 29.2 Å². The largest absolute Gasteiger partial charge is 0.481 e. The van der Waals surface area contributed by atoms with Crippen molar-refractivity contribution in [3.8, 4) is 0 Å². The second kappa shape index (κ2) is 11.1. The SMILES string of the molecule is O=C(O)Cc1csc(SCC(=O)NC[C@H]2CN(Cc3cccc(Cl)c3F)CCO2)n1. The molecule has 2 heterocycles. The summed E-state index contributed by atoms with van der Waals surface area (Å²) in [6.45, 7) is 2.54. The zero-order valence-corrected chi connectivity index (χ0v) is 18.4. The van der Waals surface area contributed by atoms with Gasteiger partial charge in [-0.05, 0) is 6.07 Å². The standard InChI is InChI=1S/C19H21ClFN3O4S2/c20-15-3-1-2-12(18(15)21)8-24-4-5-28-14(9-24)7-22-16(25)11-30-19-23-13(10-29-19)6-17(26)27/h1-3,10,14H,4-9,11H2,(H,22,25)(H,26,27)/t14-/m0/s1. The van der Waals surface area contributed by atoms with E-state index in [0.29, 0.717) is 48.4 Å². The Morgan fingerprint density at radius 1 is 1.47 bits per heavy atom. The van der Waals surface area contributed by atoms with Crippen LogP contribution in [0.5, 0.6) is 0 Å². The van der Waals surface area contributed by atoms with E-state index in [0.717, 1.165) is 0 Å². The highest BCUT2D eigenvalue weighted by atomic mass is 35.5. The van der Waals surface area contributed by atoms with Gasteiger partial charge in [0.15, 0.2) is 4.34 Å². The molecule has 162 valence electrons. The van der Waals surface area contributed by atoms with E-state index in [4.69, 9.17) is 21.4 Å². The van der Waals surface area contributed by atoms with Gasteiger partial charge in [0.2, 0.25) is 5.91 Å². The Balaban J connectivity index is 1.40. The fourth-order valence-electron chi connectivity index (χ4n) is 2.96. The van der Waals surface area contributed by atoms with Crippen LogP contribution in [-0.2, 0) is 27.3 Å². The minimum absolute atomic E-state index is 0.109. The van der Waals surface area contributed by atoms with Gasteiger partial charge in [-0.2, -0.15) is 0 Å². The smallest absolute Gasteiger partial charge is 0.309 e. The molecule has 2 aromatic rings. The number of nitrogens with zero attached hydrogens (tertiary/aromatic N) is 2. The molecule has 30 heavy (non-hydrogen) atoms. The van der Waals surface area contributed by atoms with Crippen molar-refractivity contribution in [2.45, 2.75) is 23.4 Å². The van der Waals surface area contributed by atoms with Crippen molar-refractivity contribution in [3.05, 3.63) is 45.7 Å². The lowest BCUT2D eigenvalue weighted by Gasteiger charge is -2.33. The number of hydrogen-bond donors (Lipinski definition) is 2. The lowest BCUT2D eigenvalue weighted by molar-refractivity contribution is -0.136. The third-order valence-electron chi connectivity index (χ3n) is 4.37. The molecule has 0 bridgehead atoms. The van der Waals surface area contributed by atoms with E-state index >= 15 is 0 Å². The number of carboxylic acids is 1. The molecule has 0 unspecified atom stereocenters. The van der Waals surface area contributed by atoms with Crippen LogP contribution < -0.4 is 5.32 Å². The molecule has 3 rings (SSSR count). The van der Waals surface area contributed by atoms with Gasteiger partial charge in [-0.15, -0.1) is 11.3 Å². The predicted molar refractivity (Wildman–Crippen MR) is 114 cm³/mol. The minimum Gasteiger partial charge on any atom is -0.481 e. The van der Waals surface area contributed by atoms with Crippen molar-refractivity contribution in [2.24, 2.45) is 0 Å². The van der Waals surface area contributed by atoms with Crippen LogP contribution in [-0.4, -0.2) is 65.0 Å². The van der Waals surface area contributed by atoms with E-state index in [9.17, 15) is 14.0 Å². The number of carbonyl (C=O) groups is 2. The molecule has 1 aromatic heterocycles. The van der Waals surface area contributed by atoms with Crippen molar-refractivity contribution in [1.82, 2.24) is 15.2 Å². The lowest BCUT2D eigenvalue weighted by atomic mass is 10.1. The number of amides is 1. The number of halogens is 2. The third-order valence-corrected chi connectivity index (χ3v) is 6.73. The van der Waals surface area contributed by atoms with Gasteiger partial charge in [0.25, 0.3) is 0 Å². The fraction of sp³-hybridized carbons (Fsp3) is 0.421. The molecule has 0 radical (unpaired) electrons. The highest BCUT2D eigenvalue weighted by Gasteiger charge is 2.22. The Kier molecular flexibility index (Phi) is 8.46. The molecule has 11 heteroatoms. The number of hydrogen-bond acceptors (Lipinski definition) is 7. The number of thiazole rings is 1. The lowest BCUT2D eigenvalue weighted by Crippen LogP contribution is -2.47. The van der Waals surface area contributed by atoms with E-state index in [2.05, 4.69) is 15.2 Å². The minimum atomic E-state index is -0.936. The molecule has 1 fully saturated rings. The molecule has 2 N–H and O–H groups in total. The molecule has 1 atom stereocenters. The van der Waals surface area contributed by atoms with Gasteiger partial charge in [0.1, 0.15) is 5.82 Å². The van der Waals surface area contributed by atoms with Crippen molar-refractivity contribution in [3.63, 3.8) is 0 Å². The molecule has 0 saturated carbocycles. The van der Waals surface area contributed by atoms with E-state index in [1.165, 1.54) is 29.2 Å². The van der Waals surface area contributed by atoms with Crippen LogP contribution >= 0.6 is 34.7 Å². The Bertz CT molecular complexity index is 898. The highest BCUT2D eigenvalue weighted by Crippen LogP contribution is 2.23. The second-order valence-electron chi connectivity index (χ2n) is 6.71. The van der Waals surface area contributed by atoms with Crippen LogP contribution in [0, 0.1) is 5.82 Å². The number of aliphatic carboxylic acids is 1. The number of aromatic nitrogens is 1. The van der Waals surface area contributed by atoms with Crippen LogP contribution in [0.2, 0.25) is 5.02 Å². The van der Waals surface area contributed by atoms with E-state index < -0.39 is 11.8 Å². The van der Waals surface area contributed by atoms with Crippen LogP contribution in [0.15, 0.2) is 27.9 Å². The number of carboxylic acid groups (broad SMARTS) is 1. The molecule has 1 saturated heterocycles. The molecule has 0 spiro atoms. The number of rotatable bonds is 9. The molecule has 0 aliphatic carbocycles. The molecular formula is C19H21ClFN3O4S2. The van der Waals surface area contributed by atoms with E-state index in [1.54, 1.807) is 17.5 Å². The summed E-state index contributed by atoms with van der Waals surface area (Å²) in [6.07, 6.45) is -0.310. The molecular weight excluding hydrogens is 453 g/mol. The van der Waals surface area contributed by atoms with Crippen LogP contribution in [0.1, 0.15) is 11.3 Å². The Morgan fingerprint density at radius 2 is 2.30 bits per heavy atom. The first-order valence-corrected chi connectivity index (χ1v) is 11.5. The zero-order chi connectivity index (χ0) is 21.5. The summed E-state index contributed by atoms with van der Waals surface area (Å²) < 4.78 is 20.5. The fourth-order valence-corrected chi connectivity index (χ4v) is 4.82. The quantitative estimate of drug-likeness (QED) is 0.541. The number of ether oxygens (including phenoxy) is 1. The highest BCUT2D eigenvalue weighted by molar-refractivity contribution is 8.01. The van der Waals surface area contributed by atoms with Crippen LogP contribution in [0.3, 0.4) is 0 Å². The summed E-state index contributed by atoms with van der Waals surface area (Å²) in [5, 5.41) is 13.4. The normalized spacial score (nSPS) is 17.1. The van der Waals surface area contributed by atoms with Gasteiger partial charge < -0.3 is 15.2 Å². The van der Waals surface area contributed by atoms with Gasteiger partial charge in [-0.1, -0.05) is 35.5 Å². The number of nitrogens with one attached hydrogen (secondary N) is 1. The van der Waals surface area contributed by atoms with Crippen LogP contribution in [0.25, 0.3) is 0 Å². The summed E-state index contributed by atoms with van der Waals surface area (Å²) in [5.41, 5.74) is 1.02. The van der Waals surface area contributed by atoms with Gasteiger partial charge in [-0.3, -0.25) is 14.5 Å². The first kappa shape index (κ1) is 23.0. The Labute approximate surface area is 186 Å². The molecule has 1 aliphatic rings. The monoisotopic (exact) mass is 473 g/mol. The van der Waals surface area contributed by atoms with Crippen LogP contribution in [0.4, 0.5) is 4.39 Å². The van der Waals surface area contributed by atoms with Gasteiger partial charge >= 0.3 is 5.97 Å². The predicted octanol–water partition coefficient (Wildman–Crippen LogP) is 2.67. The van der Waals surface area contributed by atoms with Crippen molar-refractivity contribution >= 4 is 46.6 Å². The zero-order valence-electron chi connectivity index (χ0n) is 16.0. The summed E-state index contributed by atoms with van der Waals surface area (Å²) in [5.74, 6) is -1.31. The average Bonchev–Trinajstić information content (AvgIpc) is 3.15. The molecule has 1 aliphatic heterocycles. The number of benzene rings is 1. The average molecular weight is 474 g/mol. The third kappa shape index (κ3) is 6.92. The maximum atomic E-state index is 14.1.